The highest BCUT2D eigenvalue weighted by atomic mass is 19.4. The molecule has 6 nitrogen and oxygen atoms in total. The zero-order valence-electron chi connectivity index (χ0n) is 17.8. The monoisotopic (exact) mass is 438 g/mol. The molecular formula is C22H25F3N2O4. The summed E-state index contributed by atoms with van der Waals surface area (Å²) in [7, 11) is 4.81. The Labute approximate surface area is 178 Å². The van der Waals surface area contributed by atoms with E-state index < -0.39 is 17.6 Å². The number of amides is 1. The number of ether oxygens (including phenoxy) is 2. The fourth-order valence-electron chi connectivity index (χ4n) is 2.84. The molecule has 0 atom stereocenters. The van der Waals surface area contributed by atoms with Crippen LogP contribution < -0.4 is 19.7 Å². The molecule has 0 unspecified atom stereocenters. The molecule has 0 bridgehead atoms. The van der Waals surface area contributed by atoms with Crippen molar-refractivity contribution in [2.75, 3.05) is 38.0 Å². The van der Waals surface area contributed by atoms with E-state index in [9.17, 15) is 22.8 Å². The fourth-order valence-corrected chi connectivity index (χ4v) is 2.84. The van der Waals surface area contributed by atoms with Crippen molar-refractivity contribution in [2.45, 2.75) is 25.9 Å². The van der Waals surface area contributed by atoms with Gasteiger partial charge in [0.25, 0.3) is 0 Å². The first-order valence-corrected chi connectivity index (χ1v) is 9.53. The normalized spacial score (nSPS) is 11.1. The third kappa shape index (κ3) is 6.63. The van der Waals surface area contributed by atoms with Crippen molar-refractivity contribution in [3.05, 3.63) is 47.5 Å². The van der Waals surface area contributed by atoms with Crippen LogP contribution in [0.5, 0.6) is 11.5 Å². The third-order valence-electron chi connectivity index (χ3n) is 4.46. The van der Waals surface area contributed by atoms with Crippen molar-refractivity contribution >= 4 is 23.1 Å². The molecule has 1 amide bonds. The number of hydrogen-bond donors (Lipinski definition) is 1. The Kier molecular flexibility index (Phi) is 7.90. The van der Waals surface area contributed by atoms with Crippen molar-refractivity contribution in [3.63, 3.8) is 0 Å². The molecule has 2 aromatic rings. The summed E-state index contributed by atoms with van der Waals surface area (Å²) in [5.74, 6) is 0.301. The van der Waals surface area contributed by atoms with Crippen molar-refractivity contribution in [2.24, 2.45) is 0 Å². The van der Waals surface area contributed by atoms with E-state index in [0.29, 0.717) is 29.2 Å². The average Bonchev–Trinajstić information content (AvgIpc) is 2.70. The van der Waals surface area contributed by atoms with E-state index in [4.69, 9.17) is 9.47 Å². The van der Waals surface area contributed by atoms with Crippen LogP contribution in [0.2, 0.25) is 0 Å². The number of carbonyl (C=O) groups excluding carboxylic acids is 2. The topological polar surface area (TPSA) is 67.9 Å². The standard InChI is InChI=1S/C22H25F3N2O4/c1-14(28)15-7-10-19(20(12-15)30-4)31-11-5-6-21(29)26-17-13-16(22(23,24)25)8-9-18(17)27(2)3/h7-10,12-13H,5-6,11H2,1-4H3,(H,26,29). The minimum absolute atomic E-state index is 0.0525. The van der Waals surface area contributed by atoms with Gasteiger partial charge in [0.1, 0.15) is 0 Å². The van der Waals surface area contributed by atoms with E-state index in [1.54, 1.807) is 37.2 Å². The summed E-state index contributed by atoms with van der Waals surface area (Å²) in [4.78, 5) is 25.3. The average molecular weight is 438 g/mol. The van der Waals surface area contributed by atoms with Crippen LogP contribution in [0.15, 0.2) is 36.4 Å². The van der Waals surface area contributed by atoms with Crippen molar-refractivity contribution in [3.8, 4) is 11.5 Å². The van der Waals surface area contributed by atoms with E-state index in [2.05, 4.69) is 5.32 Å². The van der Waals surface area contributed by atoms with E-state index in [0.717, 1.165) is 12.1 Å². The molecule has 168 valence electrons. The summed E-state index contributed by atoms with van der Waals surface area (Å²) in [6.07, 6.45) is -4.12. The molecule has 2 aromatic carbocycles. The first-order valence-electron chi connectivity index (χ1n) is 9.53. The number of nitrogens with zero attached hydrogens (tertiary/aromatic N) is 1. The minimum Gasteiger partial charge on any atom is -0.493 e. The van der Waals surface area contributed by atoms with Crippen molar-refractivity contribution in [1.29, 1.82) is 0 Å². The van der Waals surface area contributed by atoms with E-state index in [1.165, 1.54) is 20.1 Å². The molecule has 31 heavy (non-hydrogen) atoms. The fraction of sp³-hybridized carbons (Fsp3) is 0.364. The summed E-state index contributed by atoms with van der Waals surface area (Å²) in [5.41, 5.74) is 0.208. The quantitative estimate of drug-likeness (QED) is 0.451. The molecule has 0 aliphatic heterocycles. The van der Waals surface area contributed by atoms with E-state index in [-0.39, 0.29) is 24.5 Å². The smallest absolute Gasteiger partial charge is 0.416 e. The molecule has 0 aliphatic carbocycles. The van der Waals surface area contributed by atoms with Crippen LogP contribution in [0.4, 0.5) is 24.5 Å². The molecule has 1 N–H and O–H groups in total. The summed E-state index contributed by atoms with van der Waals surface area (Å²) < 4.78 is 49.9. The van der Waals surface area contributed by atoms with Gasteiger partial charge in [-0.3, -0.25) is 9.59 Å². The Bertz CT molecular complexity index is 943. The number of alkyl halides is 3. The van der Waals surface area contributed by atoms with Crippen LogP contribution in [0.3, 0.4) is 0 Å². The van der Waals surface area contributed by atoms with Crippen LogP contribution in [0.25, 0.3) is 0 Å². The lowest BCUT2D eigenvalue weighted by atomic mass is 10.1. The molecule has 0 aliphatic rings. The largest absolute Gasteiger partial charge is 0.493 e. The third-order valence-corrected chi connectivity index (χ3v) is 4.46. The highest BCUT2D eigenvalue weighted by Crippen LogP contribution is 2.35. The van der Waals surface area contributed by atoms with Crippen LogP contribution in [-0.4, -0.2) is 39.5 Å². The van der Waals surface area contributed by atoms with E-state index in [1.807, 2.05) is 0 Å². The molecular weight excluding hydrogens is 413 g/mol. The zero-order valence-corrected chi connectivity index (χ0v) is 17.8. The van der Waals surface area contributed by atoms with Gasteiger partial charge in [0, 0.05) is 26.1 Å². The Morgan fingerprint density at radius 3 is 2.35 bits per heavy atom. The number of carbonyl (C=O) groups is 2. The van der Waals surface area contributed by atoms with Crippen LogP contribution in [0, 0.1) is 0 Å². The SMILES string of the molecule is COc1cc(C(C)=O)ccc1OCCCC(=O)Nc1cc(C(F)(F)F)ccc1N(C)C. The Morgan fingerprint density at radius 2 is 1.77 bits per heavy atom. The summed E-state index contributed by atoms with van der Waals surface area (Å²) >= 11 is 0. The lowest BCUT2D eigenvalue weighted by molar-refractivity contribution is -0.137. The van der Waals surface area contributed by atoms with Crippen molar-refractivity contribution in [1.82, 2.24) is 0 Å². The lowest BCUT2D eigenvalue weighted by Gasteiger charge is -2.20. The van der Waals surface area contributed by atoms with Gasteiger partial charge in [0.05, 0.1) is 30.7 Å². The Morgan fingerprint density at radius 1 is 1.06 bits per heavy atom. The van der Waals surface area contributed by atoms with Crippen molar-refractivity contribution < 1.29 is 32.2 Å². The maximum Gasteiger partial charge on any atom is 0.416 e. The zero-order chi connectivity index (χ0) is 23.2. The van der Waals surface area contributed by atoms with Gasteiger partial charge in [-0.15, -0.1) is 0 Å². The van der Waals surface area contributed by atoms with Gasteiger partial charge in [-0.1, -0.05) is 0 Å². The van der Waals surface area contributed by atoms with Gasteiger partial charge in [-0.05, 0) is 49.7 Å². The molecule has 0 radical (unpaired) electrons. The number of methoxy groups -OCH3 is 1. The number of hydrogen-bond acceptors (Lipinski definition) is 5. The molecule has 0 heterocycles. The predicted octanol–water partition coefficient (Wildman–Crippen LogP) is 4.78. The maximum absolute atomic E-state index is 13.0. The number of nitrogens with one attached hydrogen (secondary N) is 1. The molecule has 0 spiro atoms. The van der Waals surface area contributed by atoms with E-state index >= 15 is 0 Å². The van der Waals surface area contributed by atoms with Gasteiger partial charge in [-0.2, -0.15) is 13.2 Å². The van der Waals surface area contributed by atoms with Gasteiger partial charge in [0.2, 0.25) is 5.91 Å². The molecule has 0 saturated carbocycles. The summed E-state index contributed by atoms with van der Waals surface area (Å²) in [5, 5.41) is 2.55. The first-order chi connectivity index (χ1) is 14.5. The second-order valence-electron chi connectivity index (χ2n) is 7.05. The second-order valence-corrected chi connectivity index (χ2v) is 7.05. The summed E-state index contributed by atoms with van der Waals surface area (Å²) in [6.45, 7) is 1.63. The lowest BCUT2D eigenvalue weighted by Crippen LogP contribution is -2.18. The maximum atomic E-state index is 13.0. The summed E-state index contributed by atoms with van der Waals surface area (Å²) in [6, 6.07) is 8.01. The Hall–Kier alpha value is -3.23. The molecule has 0 saturated heterocycles. The molecule has 0 fully saturated rings. The van der Waals surface area contributed by atoms with Crippen LogP contribution in [0.1, 0.15) is 35.7 Å². The number of Topliss-reactive ketones (excluding diaryl/α,β-unsaturated/α-hetero) is 1. The Balaban J connectivity index is 1.96. The molecule has 9 heteroatoms. The number of rotatable bonds is 9. The van der Waals surface area contributed by atoms with Gasteiger partial charge in [0.15, 0.2) is 17.3 Å². The van der Waals surface area contributed by atoms with Gasteiger partial charge >= 0.3 is 6.18 Å². The van der Waals surface area contributed by atoms with Gasteiger partial charge in [-0.25, -0.2) is 0 Å². The second kappa shape index (κ2) is 10.2. The highest BCUT2D eigenvalue weighted by Gasteiger charge is 2.31. The van der Waals surface area contributed by atoms with Crippen LogP contribution in [-0.2, 0) is 11.0 Å². The van der Waals surface area contributed by atoms with Crippen LogP contribution >= 0.6 is 0 Å². The predicted molar refractivity (Wildman–Crippen MR) is 112 cm³/mol. The molecule has 0 aromatic heterocycles. The number of halogens is 3. The molecule has 2 rings (SSSR count). The number of ketones is 1. The van der Waals surface area contributed by atoms with Gasteiger partial charge < -0.3 is 19.7 Å². The number of anilines is 2. The minimum atomic E-state index is -4.50. The first kappa shape index (κ1) is 24.0. The number of benzene rings is 2. The highest BCUT2D eigenvalue weighted by molar-refractivity contribution is 5.95.